The molecule has 0 amide bonds. The molecule has 15 heavy (non-hydrogen) atoms. The fourth-order valence-electron chi connectivity index (χ4n) is 2.34. The molecule has 1 saturated heterocycles. The topological polar surface area (TPSA) is 29.3 Å². The molecular weight excluding hydrogens is 204 g/mol. The first kappa shape index (κ1) is 13.3. The predicted octanol–water partition coefficient (Wildman–Crippen LogP) is 2.04. The van der Waals surface area contributed by atoms with Gasteiger partial charge in [-0.15, -0.1) is 0 Å². The van der Waals surface area contributed by atoms with Crippen molar-refractivity contribution < 1.29 is 0 Å². The average Bonchev–Trinajstić information content (AvgIpc) is 2.68. The molecule has 0 aromatic heterocycles. The highest BCUT2D eigenvalue weighted by atomic mass is 32.2. The molecule has 2 atom stereocenters. The second-order valence-corrected chi connectivity index (χ2v) is 6.34. The molecule has 2 unspecified atom stereocenters. The van der Waals surface area contributed by atoms with Gasteiger partial charge >= 0.3 is 0 Å². The maximum atomic E-state index is 5.84. The number of hydrogen-bond donors (Lipinski definition) is 1. The van der Waals surface area contributed by atoms with E-state index in [0.29, 0.717) is 5.92 Å². The lowest BCUT2D eigenvalue weighted by atomic mass is 9.96. The standard InChI is InChI=1S/C12H26N2S/c1-10(2)6-11(7-13)8-14(3)12-4-5-15-9-12/h10-12H,4-9,13H2,1-3H3. The maximum absolute atomic E-state index is 5.84. The van der Waals surface area contributed by atoms with Crippen LogP contribution in [0.1, 0.15) is 26.7 Å². The molecule has 1 fully saturated rings. The quantitative estimate of drug-likeness (QED) is 0.757. The Labute approximate surface area is 99.0 Å². The van der Waals surface area contributed by atoms with Gasteiger partial charge in [0.1, 0.15) is 0 Å². The van der Waals surface area contributed by atoms with E-state index in [-0.39, 0.29) is 0 Å². The van der Waals surface area contributed by atoms with Gasteiger partial charge in [-0.25, -0.2) is 0 Å². The summed E-state index contributed by atoms with van der Waals surface area (Å²) in [5.74, 6) is 4.10. The third kappa shape index (κ3) is 4.75. The van der Waals surface area contributed by atoms with Gasteiger partial charge in [0, 0.05) is 18.3 Å². The zero-order valence-electron chi connectivity index (χ0n) is 10.4. The van der Waals surface area contributed by atoms with Gasteiger partial charge in [0.25, 0.3) is 0 Å². The van der Waals surface area contributed by atoms with Crippen molar-refractivity contribution in [2.45, 2.75) is 32.7 Å². The number of nitrogens with two attached hydrogens (primary N) is 1. The summed E-state index contributed by atoms with van der Waals surface area (Å²) in [4.78, 5) is 2.53. The Morgan fingerprint density at radius 1 is 1.47 bits per heavy atom. The van der Waals surface area contributed by atoms with Gasteiger partial charge < -0.3 is 10.6 Å². The number of thioether (sulfide) groups is 1. The molecule has 0 aromatic carbocycles. The molecule has 0 aromatic rings. The van der Waals surface area contributed by atoms with Crippen LogP contribution < -0.4 is 5.73 Å². The normalized spacial score (nSPS) is 24.0. The highest BCUT2D eigenvalue weighted by Crippen LogP contribution is 2.22. The minimum absolute atomic E-state index is 0.681. The fourth-order valence-corrected chi connectivity index (χ4v) is 3.64. The van der Waals surface area contributed by atoms with Gasteiger partial charge in [0.2, 0.25) is 0 Å². The fraction of sp³-hybridized carbons (Fsp3) is 1.00. The van der Waals surface area contributed by atoms with Crippen LogP contribution >= 0.6 is 11.8 Å². The summed E-state index contributed by atoms with van der Waals surface area (Å²) >= 11 is 2.09. The van der Waals surface area contributed by atoms with E-state index in [2.05, 4.69) is 37.6 Å². The van der Waals surface area contributed by atoms with Gasteiger partial charge in [-0.1, -0.05) is 13.8 Å². The van der Waals surface area contributed by atoms with E-state index in [1.165, 1.54) is 30.9 Å². The third-order valence-electron chi connectivity index (χ3n) is 3.21. The molecule has 1 heterocycles. The smallest absolute Gasteiger partial charge is 0.0191 e. The van der Waals surface area contributed by atoms with Crippen LogP contribution in [0.5, 0.6) is 0 Å². The van der Waals surface area contributed by atoms with E-state index >= 15 is 0 Å². The van der Waals surface area contributed by atoms with Crippen LogP contribution in [0.2, 0.25) is 0 Å². The molecule has 2 N–H and O–H groups in total. The molecule has 1 aliphatic rings. The first-order chi connectivity index (χ1) is 7.13. The van der Waals surface area contributed by atoms with Crippen LogP contribution in [0, 0.1) is 11.8 Å². The first-order valence-corrected chi connectivity index (χ1v) is 7.27. The lowest BCUT2D eigenvalue weighted by Crippen LogP contribution is -2.38. The summed E-state index contributed by atoms with van der Waals surface area (Å²) in [7, 11) is 2.26. The van der Waals surface area contributed by atoms with Crippen molar-refractivity contribution in [2.75, 3.05) is 31.6 Å². The molecule has 0 saturated carbocycles. The molecule has 0 aliphatic carbocycles. The molecule has 3 heteroatoms. The lowest BCUT2D eigenvalue weighted by molar-refractivity contribution is 0.209. The number of hydrogen-bond acceptors (Lipinski definition) is 3. The Kier molecular flexibility index (Phi) is 6.02. The van der Waals surface area contributed by atoms with Crippen molar-refractivity contribution in [1.29, 1.82) is 0 Å². The highest BCUT2D eigenvalue weighted by molar-refractivity contribution is 7.99. The van der Waals surface area contributed by atoms with E-state index in [4.69, 9.17) is 5.73 Å². The van der Waals surface area contributed by atoms with E-state index in [9.17, 15) is 0 Å². The van der Waals surface area contributed by atoms with Crippen LogP contribution in [0.15, 0.2) is 0 Å². The number of nitrogens with zero attached hydrogens (tertiary/aromatic N) is 1. The third-order valence-corrected chi connectivity index (χ3v) is 4.36. The van der Waals surface area contributed by atoms with Gasteiger partial charge in [-0.3, -0.25) is 0 Å². The minimum atomic E-state index is 0.681. The summed E-state index contributed by atoms with van der Waals surface area (Å²) in [6.07, 6.45) is 2.63. The Hall–Kier alpha value is 0.270. The van der Waals surface area contributed by atoms with E-state index < -0.39 is 0 Å². The molecule has 0 bridgehead atoms. The minimum Gasteiger partial charge on any atom is -0.330 e. The summed E-state index contributed by atoms with van der Waals surface area (Å²) in [6, 6.07) is 0.802. The second-order valence-electron chi connectivity index (χ2n) is 5.19. The van der Waals surface area contributed by atoms with Crippen molar-refractivity contribution in [1.82, 2.24) is 4.90 Å². The van der Waals surface area contributed by atoms with Gasteiger partial charge in [-0.2, -0.15) is 11.8 Å². The Morgan fingerprint density at radius 3 is 2.67 bits per heavy atom. The van der Waals surface area contributed by atoms with E-state index in [1.807, 2.05) is 0 Å². The summed E-state index contributed by atoms with van der Waals surface area (Å²) in [5.41, 5.74) is 5.84. The van der Waals surface area contributed by atoms with Crippen molar-refractivity contribution >= 4 is 11.8 Å². The van der Waals surface area contributed by atoms with Crippen molar-refractivity contribution in [3.05, 3.63) is 0 Å². The molecule has 0 radical (unpaired) electrons. The largest absolute Gasteiger partial charge is 0.330 e. The Morgan fingerprint density at radius 2 is 2.20 bits per heavy atom. The van der Waals surface area contributed by atoms with Crippen molar-refractivity contribution in [2.24, 2.45) is 17.6 Å². The zero-order chi connectivity index (χ0) is 11.3. The van der Waals surface area contributed by atoms with Crippen LogP contribution in [0.3, 0.4) is 0 Å². The second kappa shape index (κ2) is 6.77. The van der Waals surface area contributed by atoms with Crippen LogP contribution in [0.4, 0.5) is 0 Å². The van der Waals surface area contributed by atoms with Crippen molar-refractivity contribution in [3.8, 4) is 0 Å². The highest BCUT2D eigenvalue weighted by Gasteiger charge is 2.22. The number of rotatable bonds is 6. The molecule has 1 aliphatic heterocycles. The predicted molar refractivity (Wildman–Crippen MR) is 70.4 cm³/mol. The summed E-state index contributed by atoms with van der Waals surface area (Å²) < 4.78 is 0. The van der Waals surface area contributed by atoms with Gasteiger partial charge in [0.15, 0.2) is 0 Å². The molecule has 1 rings (SSSR count). The summed E-state index contributed by atoms with van der Waals surface area (Å²) in [6.45, 7) is 6.59. The van der Waals surface area contributed by atoms with Crippen molar-refractivity contribution in [3.63, 3.8) is 0 Å². The van der Waals surface area contributed by atoms with E-state index in [0.717, 1.165) is 18.5 Å². The monoisotopic (exact) mass is 230 g/mol. The Balaban J connectivity index is 2.29. The van der Waals surface area contributed by atoms with Crippen LogP contribution in [0.25, 0.3) is 0 Å². The SMILES string of the molecule is CC(C)CC(CN)CN(C)C1CCSC1. The van der Waals surface area contributed by atoms with Gasteiger partial charge in [-0.05, 0) is 44.0 Å². The van der Waals surface area contributed by atoms with Crippen LogP contribution in [-0.2, 0) is 0 Å². The molecular formula is C12H26N2S. The van der Waals surface area contributed by atoms with Crippen LogP contribution in [-0.4, -0.2) is 42.6 Å². The molecule has 2 nitrogen and oxygen atoms in total. The van der Waals surface area contributed by atoms with Gasteiger partial charge in [0.05, 0.1) is 0 Å². The maximum Gasteiger partial charge on any atom is 0.0191 e. The molecule has 0 spiro atoms. The zero-order valence-corrected chi connectivity index (χ0v) is 11.2. The summed E-state index contributed by atoms with van der Waals surface area (Å²) in [5, 5.41) is 0. The molecule has 90 valence electrons. The Bertz CT molecular complexity index is 167. The first-order valence-electron chi connectivity index (χ1n) is 6.11. The lowest BCUT2D eigenvalue weighted by Gasteiger charge is -2.28. The van der Waals surface area contributed by atoms with E-state index in [1.54, 1.807) is 0 Å². The average molecular weight is 230 g/mol.